The van der Waals surface area contributed by atoms with E-state index in [1.807, 2.05) is 36.5 Å². The van der Waals surface area contributed by atoms with Crippen LogP contribution in [0.1, 0.15) is 19.8 Å². The number of amides is 1. The molecule has 1 amide bonds. The number of carbonyl (C=O) groups excluding carboxylic acids is 1. The molecule has 4 nitrogen and oxygen atoms in total. The van der Waals surface area contributed by atoms with E-state index in [-0.39, 0.29) is 18.5 Å². The highest BCUT2D eigenvalue weighted by molar-refractivity contribution is 5.76. The van der Waals surface area contributed by atoms with Crippen LogP contribution >= 0.6 is 0 Å². The van der Waals surface area contributed by atoms with E-state index >= 15 is 0 Å². The fourth-order valence-corrected chi connectivity index (χ4v) is 2.39. The number of hydrogen-bond donors (Lipinski definition) is 1. The van der Waals surface area contributed by atoms with Gasteiger partial charge in [0.1, 0.15) is 6.54 Å². The van der Waals surface area contributed by atoms with Gasteiger partial charge in [-0.25, -0.2) is 0 Å². The summed E-state index contributed by atoms with van der Waals surface area (Å²) in [5.41, 5.74) is 2.15. The van der Waals surface area contributed by atoms with Crippen LogP contribution < -0.4 is 5.32 Å². The first-order valence-electron chi connectivity index (χ1n) is 7.09. The monoisotopic (exact) mass is 269 g/mol. The number of nitrogens with one attached hydrogen (secondary N) is 1. The van der Waals surface area contributed by atoms with Crippen LogP contribution in [0.15, 0.2) is 42.7 Å². The molecule has 2 aromatic rings. The van der Waals surface area contributed by atoms with Crippen LogP contribution in [0.4, 0.5) is 0 Å². The molecule has 1 aliphatic carbocycles. The zero-order chi connectivity index (χ0) is 13.9. The lowest BCUT2D eigenvalue weighted by atomic mass is 10.1. The van der Waals surface area contributed by atoms with Crippen molar-refractivity contribution in [2.75, 3.05) is 0 Å². The average molecular weight is 269 g/mol. The number of nitrogens with zero attached hydrogens (tertiary/aromatic N) is 2. The SMILES string of the molecule is C[C@H](NC(=O)Cn1cc(-c2ccccc2)cn1)C1CC1. The Hall–Kier alpha value is -2.10. The number of rotatable bonds is 5. The molecule has 104 valence electrons. The van der Waals surface area contributed by atoms with Gasteiger partial charge in [-0.1, -0.05) is 30.3 Å². The van der Waals surface area contributed by atoms with Gasteiger partial charge in [-0.2, -0.15) is 5.10 Å². The van der Waals surface area contributed by atoms with Gasteiger partial charge in [-0.15, -0.1) is 0 Å². The fraction of sp³-hybridized carbons (Fsp3) is 0.375. The van der Waals surface area contributed by atoms with E-state index in [4.69, 9.17) is 0 Å². The minimum Gasteiger partial charge on any atom is -0.352 e. The van der Waals surface area contributed by atoms with E-state index in [1.165, 1.54) is 12.8 Å². The Bertz CT molecular complexity index is 587. The Morgan fingerprint density at radius 2 is 2.10 bits per heavy atom. The van der Waals surface area contributed by atoms with Crippen molar-refractivity contribution in [3.8, 4) is 11.1 Å². The maximum atomic E-state index is 11.9. The molecular formula is C16H19N3O. The third-order valence-corrected chi connectivity index (χ3v) is 3.76. The molecule has 1 heterocycles. The lowest BCUT2D eigenvalue weighted by molar-refractivity contribution is -0.122. The second-order valence-corrected chi connectivity index (χ2v) is 5.49. The molecule has 1 atom stereocenters. The minimum absolute atomic E-state index is 0.0344. The minimum atomic E-state index is 0.0344. The molecule has 1 fully saturated rings. The number of benzene rings is 1. The van der Waals surface area contributed by atoms with Crippen LogP contribution in [0.25, 0.3) is 11.1 Å². The molecule has 20 heavy (non-hydrogen) atoms. The molecular weight excluding hydrogens is 250 g/mol. The highest BCUT2D eigenvalue weighted by Crippen LogP contribution is 2.32. The molecule has 1 aromatic heterocycles. The molecule has 0 bridgehead atoms. The van der Waals surface area contributed by atoms with Crippen molar-refractivity contribution in [3.05, 3.63) is 42.7 Å². The molecule has 1 saturated carbocycles. The van der Waals surface area contributed by atoms with Crippen molar-refractivity contribution in [1.29, 1.82) is 0 Å². The summed E-state index contributed by atoms with van der Waals surface area (Å²) in [4.78, 5) is 11.9. The summed E-state index contributed by atoms with van der Waals surface area (Å²) in [5.74, 6) is 0.712. The average Bonchev–Trinajstić information content (AvgIpc) is 3.21. The maximum absolute atomic E-state index is 11.9. The van der Waals surface area contributed by atoms with E-state index in [2.05, 4.69) is 17.3 Å². The van der Waals surface area contributed by atoms with Crippen LogP contribution in [0, 0.1) is 5.92 Å². The third kappa shape index (κ3) is 3.07. The van der Waals surface area contributed by atoms with Gasteiger partial charge in [0, 0.05) is 17.8 Å². The predicted molar refractivity (Wildman–Crippen MR) is 78.0 cm³/mol. The van der Waals surface area contributed by atoms with Crippen molar-refractivity contribution >= 4 is 5.91 Å². The van der Waals surface area contributed by atoms with Crippen molar-refractivity contribution in [2.24, 2.45) is 5.92 Å². The summed E-state index contributed by atoms with van der Waals surface area (Å²) in [7, 11) is 0. The van der Waals surface area contributed by atoms with Gasteiger partial charge in [0.05, 0.1) is 6.20 Å². The summed E-state index contributed by atoms with van der Waals surface area (Å²) in [6.07, 6.45) is 6.19. The van der Waals surface area contributed by atoms with Crippen LogP contribution in [0.2, 0.25) is 0 Å². The summed E-state index contributed by atoms with van der Waals surface area (Å²) in [6.45, 7) is 2.36. The molecule has 0 aliphatic heterocycles. The molecule has 1 N–H and O–H groups in total. The highest BCUT2D eigenvalue weighted by atomic mass is 16.2. The predicted octanol–water partition coefficient (Wildman–Crippen LogP) is 2.46. The van der Waals surface area contributed by atoms with Gasteiger partial charge < -0.3 is 5.32 Å². The summed E-state index contributed by atoms with van der Waals surface area (Å²) in [6, 6.07) is 10.3. The van der Waals surface area contributed by atoms with Crippen molar-refractivity contribution in [2.45, 2.75) is 32.4 Å². The Morgan fingerprint density at radius 3 is 2.80 bits per heavy atom. The second-order valence-electron chi connectivity index (χ2n) is 5.49. The van der Waals surface area contributed by atoms with E-state index < -0.39 is 0 Å². The Labute approximate surface area is 118 Å². The van der Waals surface area contributed by atoms with Gasteiger partial charge in [-0.05, 0) is 31.2 Å². The zero-order valence-electron chi connectivity index (χ0n) is 11.6. The normalized spacial score (nSPS) is 15.8. The molecule has 3 rings (SSSR count). The number of aromatic nitrogens is 2. The third-order valence-electron chi connectivity index (χ3n) is 3.76. The van der Waals surface area contributed by atoms with Crippen LogP contribution in [0.5, 0.6) is 0 Å². The lowest BCUT2D eigenvalue weighted by Crippen LogP contribution is -2.36. The lowest BCUT2D eigenvalue weighted by Gasteiger charge is -2.12. The van der Waals surface area contributed by atoms with E-state index in [0.29, 0.717) is 5.92 Å². The zero-order valence-corrected chi connectivity index (χ0v) is 11.6. The molecule has 0 unspecified atom stereocenters. The summed E-state index contributed by atoms with van der Waals surface area (Å²) < 4.78 is 1.69. The molecule has 0 radical (unpaired) electrons. The Kier molecular flexibility index (Phi) is 3.54. The standard InChI is InChI=1S/C16H19N3O/c1-12(13-7-8-13)18-16(20)11-19-10-15(9-17-19)14-5-3-2-4-6-14/h2-6,9-10,12-13H,7-8,11H2,1H3,(H,18,20)/t12-/m0/s1. The van der Waals surface area contributed by atoms with Gasteiger partial charge in [0.15, 0.2) is 0 Å². The molecule has 1 aliphatic rings. The second kappa shape index (κ2) is 5.49. The summed E-state index contributed by atoms with van der Waals surface area (Å²) >= 11 is 0. The topological polar surface area (TPSA) is 46.9 Å². The largest absolute Gasteiger partial charge is 0.352 e. The van der Waals surface area contributed by atoms with Gasteiger partial charge in [0.2, 0.25) is 5.91 Å². The van der Waals surface area contributed by atoms with E-state index in [1.54, 1.807) is 10.9 Å². The Balaban J connectivity index is 1.61. The molecule has 4 heteroatoms. The van der Waals surface area contributed by atoms with Crippen molar-refractivity contribution < 1.29 is 4.79 Å². The first-order valence-corrected chi connectivity index (χ1v) is 7.09. The molecule has 0 saturated heterocycles. The van der Waals surface area contributed by atoms with Gasteiger partial charge >= 0.3 is 0 Å². The molecule has 0 spiro atoms. The van der Waals surface area contributed by atoms with Gasteiger partial charge in [-0.3, -0.25) is 9.48 Å². The highest BCUT2D eigenvalue weighted by Gasteiger charge is 2.28. The maximum Gasteiger partial charge on any atom is 0.241 e. The van der Waals surface area contributed by atoms with Gasteiger partial charge in [0.25, 0.3) is 0 Å². The number of hydrogen-bond acceptors (Lipinski definition) is 2. The van der Waals surface area contributed by atoms with Crippen LogP contribution in [-0.4, -0.2) is 21.7 Å². The first-order chi connectivity index (χ1) is 9.72. The first kappa shape index (κ1) is 12.9. The van der Waals surface area contributed by atoms with E-state index in [9.17, 15) is 4.79 Å². The molecule has 1 aromatic carbocycles. The fourth-order valence-electron chi connectivity index (χ4n) is 2.39. The van der Waals surface area contributed by atoms with Crippen molar-refractivity contribution in [1.82, 2.24) is 15.1 Å². The van der Waals surface area contributed by atoms with E-state index in [0.717, 1.165) is 11.1 Å². The Morgan fingerprint density at radius 1 is 1.35 bits per heavy atom. The smallest absolute Gasteiger partial charge is 0.241 e. The van der Waals surface area contributed by atoms with Crippen LogP contribution in [0.3, 0.4) is 0 Å². The summed E-state index contributed by atoms with van der Waals surface area (Å²) in [5, 5.41) is 7.30. The number of carbonyl (C=O) groups is 1. The van der Waals surface area contributed by atoms with Crippen molar-refractivity contribution in [3.63, 3.8) is 0 Å². The van der Waals surface area contributed by atoms with Crippen LogP contribution in [-0.2, 0) is 11.3 Å². The quantitative estimate of drug-likeness (QED) is 0.906.